The molecule has 0 bridgehead atoms. The molecule has 0 saturated heterocycles. The summed E-state index contributed by atoms with van der Waals surface area (Å²) in [4.78, 5) is 17.8. The van der Waals surface area contributed by atoms with E-state index in [4.69, 9.17) is 16.3 Å². The molecule has 2 N–H and O–H groups in total. The highest BCUT2D eigenvalue weighted by Gasteiger charge is 2.64. The van der Waals surface area contributed by atoms with E-state index in [2.05, 4.69) is 47.9 Å². The first-order valence-electron chi connectivity index (χ1n) is 10.5. The van der Waals surface area contributed by atoms with Gasteiger partial charge in [0.25, 0.3) is 5.91 Å². The number of hydrogen-bond donors (Lipinski definition) is 2. The van der Waals surface area contributed by atoms with Crippen molar-refractivity contribution >= 4 is 35.3 Å². The number of anilines is 1. The van der Waals surface area contributed by atoms with Crippen molar-refractivity contribution in [1.29, 1.82) is 0 Å². The predicted molar refractivity (Wildman–Crippen MR) is 126 cm³/mol. The van der Waals surface area contributed by atoms with Gasteiger partial charge in [-0.05, 0) is 53.8 Å². The maximum Gasteiger partial charge on any atom is 0.264 e. The number of hydrazine groups is 1. The van der Waals surface area contributed by atoms with Crippen molar-refractivity contribution in [2.75, 3.05) is 11.6 Å². The Labute approximate surface area is 197 Å². The number of hydrogen-bond acceptors (Lipinski definition) is 7. The molecule has 8 nitrogen and oxygen atoms in total. The number of carbonyl (C=O) groups is 1. The summed E-state index contributed by atoms with van der Waals surface area (Å²) in [6.07, 6.45) is 5.27. The Morgan fingerprint density at radius 2 is 2.03 bits per heavy atom. The molecule has 1 aliphatic heterocycles. The molecule has 0 radical (unpaired) electrons. The van der Waals surface area contributed by atoms with E-state index in [1.54, 1.807) is 28.0 Å². The van der Waals surface area contributed by atoms with E-state index in [1.165, 1.54) is 11.9 Å². The van der Waals surface area contributed by atoms with Gasteiger partial charge < -0.3 is 4.74 Å². The molecule has 10 heteroatoms. The van der Waals surface area contributed by atoms with Gasteiger partial charge >= 0.3 is 0 Å². The standard InChI is InChI=1S/C22H29ClN6O2S/c1-13-15(11-24-28(13)6)32-27-20(30)14-7-8-17(25-19(14)23)29-10-9-18(26-29)31-12-16-21(2,3)22(16,4)5/h7-11,16,18,26H,12H2,1-6H3,(H,27,30). The summed E-state index contributed by atoms with van der Waals surface area (Å²) in [5.74, 6) is 0.790. The van der Waals surface area contributed by atoms with E-state index in [-0.39, 0.29) is 28.1 Å². The van der Waals surface area contributed by atoms with Crippen LogP contribution in [-0.2, 0) is 11.8 Å². The van der Waals surface area contributed by atoms with Gasteiger partial charge in [-0.1, -0.05) is 39.3 Å². The van der Waals surface area contributed by atoms with E-state index >= 15 is 0 Å². The summed E-state index contributed by atoms with van der Waals surface area (Å²) in [6.45, 7) is 11.8. The maximum atomic E-state index is 12.6. The van der Waals surface area contributed by atoms with Crippen LogP contribution in [0.1, 0.15) is 43.7 Å². The molecule has 4 rings (SSSR count). The van der Waals surface area contributed by atoms with Crippen LogP contribution in [0.15, 0.2) is 35.5 Å². The Morgan fingerprint density at radius 1 is 1.31 bits per heavy atom. The zero-order chi connectivity index (χ0) is 23.3. The van der Waals surface area contributed by atoms with Crippen molar-refractivity contribution in [3.63, 3.8) is 0 Å². The molecule has 3 heterocycles. The van der Waals surface area contributed by atoms with Gasteiger partial charge in [-0.3, -0.25) is 19.2 Å². The van der Waals surface area contributed by atoms with Crippen LogP contribution in [0.5, 0.6) is 0 Å². The third kappa shape index (κ3) is 4.14. The number of rotatable bonds is 7. The average Bonchev–Trinajstić information content (AvgIpc) is 3.15. The molecular weight excluding hydrogens is 448 g/mol. The van der Waals surface area contributed by atoms with Gasteiger partial charge in [0.1, 0.15) is 17.2 Å². The van der Waals surface area contributed by atoms with Gasteiger partial charge in [0.15, 0.2) is 0 Å². The highest BCUT2D eigenvalue weighted by Crippen LogP contribution is 2.68. The molecule has 0 aromatic carbocycles. The Morgan fingerprint density at radius 3 is 2.62 bits per heavy atom. The minimum atomic E-state index is -0.317. The Kier molecular flexibility index (Phi) is 6.04. The predicted octanol–water partition coefficient (Wildman–Crippen LogP) is 4.08. The maximum absolute atomic E-state index is 12.6. The molecule has 1 fully saturated rings. The number of ether oxygens (including phenoxy) is 1. The van der Waals surface area contributed by atoms with Crippen molar-refractivity contribution in [3.05, 3.63) is 47.0 Å². The van der Waals surface area contributed by atoms with Gasteiger partial charge in [-0.2, -0.15) is 10.5 Å². The van der Waals surface area contributed by atoms with E-state index in [9.17, 15) is 4.79 Å². The van der Waals surface area contributed by atoms with E-state index < -0.39 is 0 Å². The second-order valence-corrected chi connectivity index (χ2v) is 10.6. The third-order valence-electron chi connectivity index (χ3n) is 7.21. The van der Waals surface area contributed by atoms with Crippen LogP contribution in [0.25, 0.3) is 0 Å². The number of carbonyl (C=O) groups excluding carboxylic acids is 1. The molecule has 2 aliphatic rings. The Balaban J connectivity index is 1.32. The average molecular weight is 477 g/mol. The van der Waals surface area contributed by atoms with Crippen LogP contribution in [0.3, 0.4) is 0 Å². The number of halogens is 1. The van der Waals surface area contributed by atoms with Crippen molar-refractivity contribution in [3.8, 4) is 0 Å². The Hall–Kier alpha value is -2.07. The summed E-state index contributed by atoms with van der Waals surface area (Å²) in [6, 6.07) is 3.41. The number of aromatic nitrogens is 3. The summed E-state index contributed by atoms with van der Waals surface area (Å²) in [7, 11) is 1.85. The van der Waals surface area contributed by atoms with Crippen molar-refractivity contribution in [2.24, 2.45) is 23.8 Å². The lowest BCUT2D eigenvalue weighted by Crippen LogP contribution is -2.37. The largest absolute Gasteiger partial charge is 0.358 e. The SMILES string of the molecule is Cc1c(SNC(=O)c2ccc(N3C=CC(OCC4C(C)(C)C4(C)C)N3)nc2Cl)cnn1C. The lowest BCUT2D eigenvalue weighted by Gasteiger charge is -2.20. The number of nitrogens with zero attached hydrogens (tertiary/aromatic N) is 4. The zero-order valence-electron chi connectivity index (χ0n) is 19.1. The Bertz CT molecular complexity index is 1050. The van der Waals surface area contributed by atoms with E-state index in [1.807, 2.05) is 26.2 Å². The highest BCUT2D eigenvalue weighted by atomic mass is 35.5. The minimum Gasteiger partial charge on any atom is -0.358 e. The molecular formula is C22H29ClN6O2S. The lowest BCUT2D eigenvalue weighted by molar-refractivity contribution is 0.0519. The number of nitrogens with one attached hydrogen (secondary N) is 2. The molecule has 1 atom stereocenters. The van der Waals surface area contributed by atoms with Crippen molar-refractivity contribution in [1.82, 2.24) is 24.9 Å². The normalized spacial score (nSPS) is 21.2. The van der Waals surface area contributed by atoms with Crippen LogP contribution >= 0.6 is 23.5 Å². The summed E-state index contributed by atoms with van der Waals surface area (Å²) < 4.78 is 10.6. The monoisotopic (exact) mass is 476 g/mol. The minimum absolute atomic E-state index is 0.129. The fourth-order valence-corrected chi connectivity index (χ4v) is 4.96. The van der Waals surface area contributed by atoms with Crippen LogP contribution < -0.4 is 15.2 Å². The van der Waals surface area contributed by atoms with Gasteiger partial charge in [0.2, 0.25) is 0 Å². The molecule has 1 aliphatic carbocycles. The first-order valence-corrected chi connectivity index (χ1v) is 11.7. The second-order valence-electron chi connectivity index (χ2n) is 9.35. The topological polar surface area (TPSA) is 84.3 Å². The summed E-state index contributed by atoms with van der Waals surface area (Å²) in [5.41, 5.74) is 5.08. The second kappa shape index (κ2) is 8.37. The van der Waals surface area contributed by atoms with Crippen LogP contribution in [0.2, 0.25) is 5.15 Å². The van der Waals surface area contributed by atoms with Crippen molar-refractivity contribution in [2.45, 2.75) is 45.7 Å². The van der Waals surface area contributed by atoms with Gasteiger partial charge in [0.05, 0.1) is 29.0 Å². The van der Waals surface area contributed by atoms with Crippen LogP contribution in [0, 0.1) is 23.7 Å². The van der Waals surface area contributed by atoms with Gasteiger partial charge in [0, 0.05) is 13.2 Å². The third-order valence-corrected chi connectivity index (χ3v) is 8.40. The van der Waals surface area contributed by atoms with Gasteiger partial charge in [-0.25, -0.2) is 4.98 Å². The fourth-order valence-electron chi connectivity index (χ4n) is 4.04. The number of aryl methyl sites for hydroxylation is 1. The van der Waals surface area contributed by atoms with Gasteiger partial charge in [-0.15, -0.1) is 0 Å². The molecule has 1 amide bonds. The molecule has 172 valence electrons. The van der Waals surface area contributed by atoms with E-state index in [0.717, 1.165) is 10.6 Å². The van der Waals surface area contributed by atoms with Crippen molar-refractivity contribution < 1.29 is 9.53 Å². The first kappa shape index (κ1) is 23.1. The molecule has 0 spiro atoms. The lowest BCUT2D eigenvalue weighted by atomic mass is 10.0. The van der Waals surface area contributed by atoms with E-state index in [0.29, 0.717) is 23.9 Å². The van der Waals surface area contributed by atoms with Crippen LogP contribution in [0.4, 0.5) is 5.82 Å². The quantitative estimate of drug-likeness (QED) is 0.460. The molecule has 32 heavy (non-hydrogen) atoms. The molecule has 1 unspecified atom stereocenters. The fraction of sp³-hybridized carbons (Fsp3) is 0.500. The molecule has 1 saturated carbocycles. The number of pyridine rings is 1. The smallest absolute Gasteiger partial charge is 0.264 e. The molecule has 2 aromatic heterocycles. The highest BCUT2D eigenvalue weighted by molar-refractivity contribution is 7.98. The van der Waals surface area contributed by atoms with Crippen LogP contribution in [-0.4, -0.2) is 33.5 Å². The first-order chi connectivity index (χ1) is 15.0. The summed E-state index contributed by atoms with van der Waals surface area (Å²) >= 11 is 7.52. The molecule has 2 aromatic rings. The summed E-state index contributed by atoms with van der Waals surface area (Å²) in [5, 5.41) is 6.04. The number of amides is 1. The zero-order valence-corrected chi connectivity index (χ0v) is 20.7.